The molecule has 0 amide bonds. The van der Waals surface area contributed by atoms with Crippen LogP contribution in [0.2, 0.25) is 0 Å². The Morgan fingerprint density at radius 3 is 2.79 bits per heavy atom. The van der Waals surface area contributed by atoms with Crippen LogP contribution in [0.15, 0.2) is 42.5 Å². The fourth-order valence-corrected chi connectivity index (χ4v) is 4.26. The molecule has 2 aliphatic heterocycles. The molecule has 1 fully saturated rings. The molecule has 2 aliphatic rings. The van der Waals surface area contributed by atoms with Crippen LogP contribution in [0, 0.1) is 0 Å². The van der Waals surface area contributed by atoms with Gasteiger partial charge >= 0.3 is 0 Å². The number of piperazine rings is 1. The molecular weight excluding hydrogens is 348 g/mol. The average molecular weight is 381 g/mol. The van der Waals surface area contributed by atoms with Gasteiger partial charge in [-0.2, -0.15) is 0 Å². The van der Waals surface area contributed by atoms with E-state index in [0.717, 1.165) is 37.7 Å². The van der Waals surface area contributed by atoms with Crippen LogP contribution in [0.3, 0.4) is 0 Å². The second-order valence-electron chi connectivity index (χ2n) is 8.92. The summed E-state index contributed by atoms with van der Waals surface area (Å²) in [5, 5.41) is 3.72. The maximum Gasteiger partial charge on any atom is 0.165 e. The summed E-state index contributed by atoms with van der Waals surface area (Å²) in [6, 6.07) is 15.5. The first-order chi connectivity index (χ1) is 13.4. The molecule has 0 saturated carbocycles. The van der Waals surface area contributed by atoms with Gasteiger partial charge in [-0.15, -0.1) is 0 Å². The molecule has 28 heavy (non-hydrogen) atoms. The van der Waals surface area contributed by atoms with Crippen LogP contribution in [0.5, 0.6) is 11.5 Å². The SMILES string of the molecule is CC(C)c1ccccc1[C@@H]1CN(Cc2cccc3c2OCC(C)(C)O3)CCN1. The molecule has 1 saturated heterocycles. The topological polar surface area (TPSA) is 33.7 Å². The first kappa shape index (κ1) is 19.3. The lowest BCUT2D eigenvalue weighted by Crippen LogP contribution is -2.45. The predicted octanol–water partition coefficient (Wildman–Crippen LogP) is 4.51. The van der Waals surface area contributed by atoms with Crippen molar-refractivity contribution in [2.75, 3.05) is 26.2 Å². The lowest BCUT2D eigenvalue weighted by atomic mass is 9.91. The molecule has 1 atom stereocenters. The summed E-state index contributed by atoms with van der Waals surface area (Å²) in [5.41, 5.74) is 3.81. The Kier molecular flexibility index (Phi) is 5.35. The molecule has 0 aromatic heterocycles. The van der Waals surface area contributed by atoms with Crippen molar-refractivity contribution >= 4 is 0 Å². The molecule has 4 heteroatoms. The van der Waals surface area contributed by atoms with E-state index in [1.54, 1.807) is 0 Å². The third-order valence-corrected chi connectivity index (χ3v) is 5.66. The number of hydrogen-bond acceptors (Lipinski definition) is 4. The molecule has 4 nitrogen and oxygen atoms in total. The Hall–Kier alpha value is -2.04. The van der Waals surface area contributed by atoms with Crippen molar-refractivity contribution in [3.8, 4) is 11.5 Å². The molecule has 0 spiro atoms. The zero-order valence-corrected chi connectivity index (χ0v) is 17.5. The van der Waals surface area contributed by atoms with Gasteiger partial charge in [-0.1, -0.05) is 50.2 Å². The summed E-state index contributed by atoms with van der Waals surface area (Å²) in [4.78, 5) is 2.52. The van der Waals surface area contributed by atoms with Gasteiger partial charge in [-0.3, -0.25) is 4.90 Å². The van der Waals surface area contributed by atoms with Crippen molar-refractivity contribution in [2.45, 2.75) is 51.8 Å². The molecule has 0 radical (unpaired) electrons. The van der Waals surface area contributed by atoms with E-state index in [1.807, 2.05) is 6.07 Å². The number of nitrogens with one attached hydrogen (secondary N) is 1. The van der Waals surface area contributed by atoms with E-state index in [2.05, 4.69) is 74.3 Å². The smallest absolute Gasteiger partial charge is 0.165 e. The fraction of sp³-hybridized carbons (Fsp3) is 0.500. The second kappa shape index (κ2) is 7.76. The molecular formula is C24H32N2O2. The molecule has 0 bridgehead atoms. The zero-order valence-electron chi connectivity index (χ0n) is 17.5. The van der Waals surface area contributed by atoms with Crippen molar-refractivity contribution < 1.29 is 9.47 Å². The molecule has 4 rings (SSSR count). The highest BCUT2D eigenvalue weighted by atomic mass is 16.6. The maximum atomic E-state index is 6.13. The van der Waals surface area contributed by atoms with Crippen molar-refractivity contribution in [3.63, 3.8) is 0 Å². The van der Waals surface area contributed by atoms with Crippen LogP contribution in [0.4, 0.5) is 0 Å². The summed E-state index contributed by atoms with van der Waals surface area (Å²) in [6.45, 7) is 13.2. The van der Waals surface area contributed by atoms with Gasteiger partial charge in [0.05, 0.1) is 0 Å². The van der Waals surface area contributed by atoms with Crippen molar-refractivity contribution in [3.05, 3.63) is 59.2 Å². The normalized spacial score (nSPS) is 21.7. The van der Waals surface area contributed by atoms with E-state index in [-0.39, 0.29) is 5.60 Å². The summed E-state index contributed by atoms with van der Waals surface area (Å²) < 4.78 is 12.2. The minimum absolute atomic E-state index is 0.272. The molecule has 0 unspecified atom stereocenters. The van der Waals surface area contributed by atoms with Crippen LogP contribution in [0.25, 0.3) is 0 Å². The van der Waals surface area contributed by atoms with Gasteiger partial charge in [0, 0.05) is 37.8 Å². The summed E-state index contributed by atoms with van der Waals surface area (Å²) >= 11 is 0. The van der Waals surface area contributed by atoms with Crippen LogP contribution in [0.1, 0.15) is 56.3 Å². The lowest BCUT2D eigenvalue weighted by Gasteiger charge is -2.37. The molecule has 0 aliphatic carbocycles. The number of benzene rings is 2. The Morgan fingerprint density at radius 1 is 1.14 bits per heavy atom. The highest BCUT2D eigenvalue weighted by Crippen LogP contribution is 2.38. The maximum absolute atomic E-state index is 6.13. The highest BCUT2D eigenvalue weighted by Gasteiger charge is 2.30. The monoisotopic (exact) mass is 380 g/mol. The van der Waals surface area contributed by atoms with Crippen LogP contribution >= 0.6 is 0 Å². The summed E-state index contributed by atoms with van der Waals surface area (Å²) in [7, 11) is 0. The number of fused-ring (bicyclic) bond motifs is 1. The Balaban J connectivity index is 1.52. The lowest BCUT2D eigenvalue weighted by molar-refractivity contribution is 0.0199. The van der Waals surface area contributed by atoms with Gasteiger partial charge in [0.25, 0.3) is 0 Å². The van der Waals surface area contributed by atoms with Gasteiger partial charge in [-0.25, -0.2) is 0 Å². The van der Waals surface area contributed by atoms with Crippen molar-refractivity contribution in [2.24, 2.45) is 0 Å². The number of rotatable bonds is 4. The van der Waals surface area contributed by atoms with E-state index >= 15 is 0 Å². The van der Waals surface area contributed by atoms with Gasteiger partial charge in [0.2, 0.25) is 0 Å². The first-order valence-corrected chi connectivity index (χ1v) is 10.4. The molecule has 1 N–H and O–H groups in total. The van der Waals surface area contributed by atoms with Crippen LogP contribution in [-0.2, 0) is 6.54 Å². The summed E-state index contributed by atoms with van der Waals surface area (Å²) in [6.07, 6.45) is 0. The van der Waals surface area contributed by atoms with Gasteiger partial charge in [0.1, 0.15) is 12.2 Å². The molecule has 150 valence electrons. The standard InChI is InChI=1S/C24H32N2O2/c1-17(2)19-9-5-6-10-20(19)21-15-26(13-12-25-21)14-18-8-7-11-22-23(18)27-16-24(3,4)28-22/h5-11,17,21,25H,12-16H2,1-4H3/t21-/m0/s1. The first-order valence-electron chi connectivity index (χ1n) is 10.4. The highest BCUT2D eigenvalue weighted by molar-refractivity contribution is 5.48. The minimum atomic E-state index is -0.272. The molecule has 2 aromatic carbocycles. The Labute approximate surface area is 168 Å². The Bertz CT molecular complexity index is 831. The van der Waals surface area contributed by atoms with Crippen molar-refractivity contribution in [1.82, 2.24) is 10.2 Å². The number of ether oxygens (including phenoxy) is 2. The van der Waals surface area contributed by atoms with E-state index in [4.69, 9.17) is 9.47 Å². The predicted molar refractivity (Wildman–Crippen MR) is 113 cm³/mol. The third kappa shape index (κ3) is 4.03. The van der Waals surface area contributed by atoms with Crippen LogP contribution in [-0.4, -0.2) is 36.7 Å². The Morgan fingerprint density at radius 2 is 1.96 bits per heavy atom. The van der Waals surface area contributed by atoms with Gasteiger partial charge < -0.3 is 14.8 Å². The molecule has 2 heterocycles. The molecule has 2 aromatic rings. The number of para-hydroxylation sites is 1. The fourth-order valence-electron chi connectivity index (χ4n) is 4.26. The average Bonchev–Trinajstić information content (AvgIpc) is 2.67. The van der Waals surface area contributed by atoms with Crippen LogP contribution < -0.4 is 14.8 Å². The van der Waals surface area contributed by atoms with Gasteiger partial charge in [-0.05, 0) is 37.0 Å². The van der Waals surface area contributed by atoms with Crippen molar-refractivity contribution in [1.29, 1.82) is 0 Å². The van der Waals surface area contributed by atoms with E-state index in [0.29, 0.717) is 18.6 Å². The summed E-state index contributed by atoms with van der Waals surface area (Å²) in [5.74, 6) is 2.31. The van der Waals surface area contributed by atoms with E-state index in [1.165, 1.54) is 16.7 Å². The van der Waals surface area contributed by atoms with E-state index < -0.39 is 0 Å². The number of hydrogen-bond donors (Lipinski definition) is 1. The largest absolute Gasteiger partial charge is 0.485 e. The zero-order chi connectivity index (χ0) is 19.7. The van der Waals surface area contributed by atoms with Gasteiger partial charge in [0.15, 0.2) is 11.5 Å². The number of nitrogens with zero attached hydrogens (tertiary/aromatic N) is 1. The third-order valence-electron chi connectivity index (χ3n) is 5.66. The quantitative estimate of drug-likeness (QED) is 0.846. The van der Waals surface area contributed by atoms with E-state index in [9.17, 15) is 0 Å². The minimum Gasteiger partial charge on any atom is -0.485 e. The second-order valence-corrected chi connectivity index (χ2v) is 8.92.